The van der Waals surface area contributed by atoms with Crippen molar-refractivity contribution in [3.8, 4) is 0 Å². The molecule has 0 spiro atoms. The first-order valence-corrected chi connectivity index (χ1v) is 37.1. The number of carbonyl (C=O) groups is 2. The van der Waals surface area contributed by atoms with E-state index in [-0.39, 0.29) is 57.1 Å². The van der Waals surface area contributed by atoms with E-state index >= 15 is 0 Å². The molecule has 5 heterocycles. The van der Waals surface area contributed by atoms with Crippen LogP contribution in [0.15, 0.2) is 61.3 Å². The summed E-state index contributed by atoms with van der Waals surface area (Å²) in [5, 5.41) is 127. The Kier molecular flexibility index (Phi) is 39.0. The third-order valence-corrected chi connectivity index (χ3v) is 19.4. The number of allylic oxidation sites excluding steroid dienone is 7. The maximum Gasteiger partial charge on any atom is 0.397 e. The van der Waals surface area contributed by atoms with Crippen molar-refractivity contribution in [1.29, 1.82) is 0 Å². The van der Waals surface area contributed by atoms with Gasteiger partial charge in [0.05, 0.1) is 86.5 Å². The lowest BCUT2D eigenvalue weighted by Crippen LogP contribution is -2.62. The van der Waals surface area contributed by atoms with Crippen LogP contribution in [0.25, 0.3) is 0 Å². The molecule has 0 amide bonds. The topological polar surface area (TPSA) is 412 Å². The normalized spacial score (nSPS) is 32.2. The third kappa shape index (κ3) is 32.6. The van der Waals surface area contributed by atoms with E-state index in [1.165, 1.54) is 25.3 Å². The zero-order chi connectivity index (χ0) is 71.2. The van der Waals surface area contributed by atoms with Crippen LogP contribution in [0.2, 0.25) is 0 Å². The Labute approximate surface area is 574 Å². The van der Waals surface area contributed by atoms with Crippen LogP contribution in [0.5, 0.6) is 0 Å². The molecule has 5 aliphatic heterocycles. The molecule has 0 aromatic carbocycles. The van der Waals surface area contributed by atoms with Crippen molar-refractivity contribution >= 4 is 22.0 Å². The Morgan fingerprint density at radius 1 is 0.588 bits per heavy atom. The molecule has 5 saturated heterocycles. The molecule has 0 saturated carbocycles. The molecule has 25 nitrogen and oxygen atoms in total. The van der Waals surface area contributed by atoms with Crippen molar-refractivity contribution in [2.75, 3.05) is 13.2 Å². The number of ether oxygens (including phenoxy) is 7. The molecule has 0 aliphatic carbocycles. The largest absolute Gasteiger partial charge is 0.397 e. The van der Waals surface area contributed by atoms with Gasteiger partial charge in [-0.25, -0.2) is 4.18 Å². The highest BCUT2D eigenvalue weighted by Gasteiger charge is 2.49. The van der Waals surface area contributed by atoms with Gasteiger partial charge in [0.2, 0.25) is 0 Å². The summed E-state index contributed by atoms with van der Waals surface area (Å²) in [6, 6.07) is 0. The minimum atomic E-state index is -5.02. The van der Waals surface area contributed by atoms with Gasteiger partial charge in [-0.2, -0.15) is 8.42 Å². The Hall–Kier alpha value is -2.85. The molecule has 5 aliphatic rings. The van der Waals surface area contributed by atoms with Crippen molar-refractivity contribution in [2.45, 2.75) is 348 Å². The van der Waals surface area contributed by atoms with Crippen molar-refractivity contribution in [1.82, 2.24) is 0 Å². The number of aliphatic hydroxyl groups excluding tert-OH is 12. The molecular formula is C71H120O25S. The van der Waals surface area contributed by atoms with Crippen LogP contribution in [-0.4, -0.2) is 240 Å². The minimum absolute atomic E-state index is 0.00463. The fourth-order valence-electron chi connectivity index (χ4n) is 13.0. The Bertz CT molecular complexity index is 2460. The van der Waals surface area contributed by atoms with E-state index in [1.807, 2.05) is 6.08 Å². The highest BCUT2D eigenvalue weighted by Crippen LogP contribution is 2.37. The monoisotopic (exact) mass is 1400 g/mol. The average molecular weight is 1410 g/mol. The lowest BCUT2D eigenvalue weighted by atomic mass is 9.90. The molecule has 0 aromatic heterocycles. The molecule has 26 heteroatoms. The summed E-state index contributed by atoms with van der Waals surface area (Å²) in [5.41, 5.74) is 1.28. The first-order chi connectivity index (χ1) is 46.2. The summed E-state index contributed by atoms with van der Waals surface area (Å²) in [7, 11) is -5.02. The van der Waals surface area contributed by atoms with Gasteiger partial charge in [0.15, 0.2) is 12.6 Å². The van der Waals surface area contributed by atoms with Crippen LogP contribution >= 0.6 is 0 Å². The van der Waals surface area contributed by atoms with Crippen molar-refractivity contribution in [3.63, 3.8) is 0 Å². The van der Waals surface area contributed by atoms with E-state index in [9.17, 15) is 83.8 Å². The first kappa shape index (κ1) is 84.8. The van der Waals surface area contributed by atoms with Gasteiger partial charge in [0.1, 0.15) is 66.5 Å². The number of epoxide rings is 2. The van der Waals surface area contributed by atoms with E-state index < -0.39 is 159 Å². The van der Waals surface area contributed by atoms with Crippen LogP contribution < -0.4 is 0 Å². The van der Waals surface area contributed by atoms with Gasteiger partial charge in [-0.15, -0.1) is 6.58 Å². The quantitative estimate of drug-likeness (QED) is 0.0156. The van der Waals surface area contributed by atoms with E-state index in [0.717, 1.165) is 96.3 Å². The van der Waals surface area contributed by atoms with Crippen LogP contribution in [0.1, 0.15) is 207 Å². The van der Waals surface area contributed by atoms with Crippen LogP contribution in [0.4, 0.5) is 0 Å². The number of ketones is 2. The number of carbonyl (C=O) groups excluding carboxylic acids is 2. The fraction of sp³-hybridized carbons (Fsp3) is 0.831. The second-order valence-electron chi connectivity index (χ2n) is 28.0. The number of Topliss-reactive ketones (excluding diaryl/α,β-unsaturated/α-hetero) is 2. The summed E-state index contributed by atoms with van der Waals surface area (Å²) in [4.78, 5) is 26.4. The number of hydrogen-bond donors (Lipinski definition) is 13. The molecule has 5 fully saturated rings. The lowest BCUT2D eigenvalue weighted by Gasteiger charge is -2.43. The number of unbranched alkanes of at least 4 members (excludes halogenated alkanes) is 6. The van der Waals surface area contributed by atoms with Gasteiger partial charge in [0.25, 0.3) is 0 Å². The van der Waals surface area contributed by atoms with Crippen molar-refractivity contribution in [2.24, 2.45) is 11.8 Å². The molecule has 25 unspecified atom stereocenters. The van der Waals surface area contributed by atoms with E-state index in [0.29, 0.717) is 49.1 Å². The summed E-state index contributed by atoms with van der Waals surface area (Å²) < 4.78 is 77.0. The standard InChI is InChI=1S/C71H120O25S/c1-6-7-30-56-59(92-56)36-46(4)32-35-57-55(91-57)31-20-14-12-10-8-9-11-13-17-23-44(2)25-21-26-45(3)24-18-15-16-19-27-48(74)28-22-29-52(90-71-68(85)66(83)64(81)62(95-71)43-89-70-67(84)65(82)63(80)61(42-72)94-70)40-51(77)39-50(76)38-49(75)33-34-53(78)58-41-54(79)69(96-97(86,87)88)60(93-58)37-47(5)73/h6,8,10,13,17,21,25,44-45,47,49,51-73,75,77-85H,1,4,7,9,11-12,14-16,18-20,22-24,26-43H2,2-3,5H3,(H,86,87,88). The smallest absolute Gasteiger partial charge is 0.394 e. The minimum Gasteiger partial charge on any atom is -0.394 e. The lowest BCUT2D eigenvalue weighted by molar-refractivity contribution is -0.336. The van der Waals surface area contributed by atoms with Gasteiger partial charge in [0, 0.05) is 44.9 Å². The molecule has 97 heavy (non-hydrogen) atoms. The molecule has 560 valence electrons. The van der Waals surface area contributed by atoms with E-state index in [1.54, 1.807) is 0 Å². The maximum atomic E-state index is 13.2. The average Bonchev–Trinajstić information content (AvgIpc) is 1.79. The predicted octanol–water partition coefficient (Wildman–Crippen LogP) is 5.44. The molecular weight excluding hydrogens is 1280 g/mol. The summed E-state index contributed by atoms with van der Waals surface area (Å²) >= 11 is 0. The Morgan fingerprint density at radius 2 is 1.23 bits per heavy atom. The zero-order valence-corrected chi connectivity index (χ0v) is 58.2. The molecule has 0 radical (unpaired) electrons. The number of aliphatic hydroxyl groups is 12. The van der Waals surface area contributed by atoms with Crippen LogP contribution in [-0.2, 0) is 57.3 Å². The van der Waals surface area contributed by atoms with Gasteiger partial charge in [-0.05, 0) is 128 Å². The summed E-state index contributed by atoms with van der Waals surface area (Å²) in [5.74, 6) is 0.403. The maximum absolute atomic E-state index is 13.2. The zero-order valence-electron chi connectivity index (χ0n) is 57.4. The van der Waals surface area contributed by atoms with Crippen LogP contribution in [0, 0.1) is 11.8 Å². The van der Waals surface area contributed by atoms with Crippen molar-refractivity contribution < 1.29 is 121 Å². The number of rotatable bonds is 52. The van der Waals surface area contributed by atoms with E-state index in [2.05, 4.69) is 67.6 Å². The Morgan fingerprint density at radius 3 is 1.94 bits per heavy atom. The van der Waals surface area contributed by atoms with Gasteiger partial charge >= 0.3 is 10.4 Å². The molecule has 13 N–H and O–H groups in total. The predicted molar refractivity (Wildman–Crippen MR) is 358 cm³/mol. The van der Waals surface area contributed by atoms with Gasteiger partial charge in [-0.1, -0.05) is 101 Å². The second kappa shape index (κ2) is 44.6. The van der Waals surface area contributed by atoms with Gasteiger partial charge < -0.3 is 94.4 Å². The molecule has 25 atom stereocenters. The second-order valence-corrected chi connectivity index (χ2v) is 29.0. The fourth-order valence-corrected chi connectivity index (χ4v) is 13.5. The van der Waals surface area contributed by atoms with E-state index in [4.69, 9.17) is 33.2 Å². The summed E-state index contributed by atoms with van der Waals surface area (Å²) in [6.07, 6.45) is 6.12. The van der Waals surface area contributed by atoms with Crippen molar-refractivity contribution in [3.05, 3.63) is 61.3 Å². The van der Waals surface area contributed by atoms with Crippen LogP contribution in [0.3, 0.4) is 0 Å². The molecule has 0 aromatic rings. The number of hydrogen-bond acceptors (Lipinski definition) is 24. The highest BCUT2D eigenvalue weighted by atomic mass is 32.3. The SMILES string of the molecule is C=CCCC1OC1CC(=C)CCC1OC1CCCCC=CCCC=CCC(C)C=CCC(C)CCCCCCC(=O)CCCC(CC(O)CC(=O)CC(O)CCC(O)C1CC(O)C(OS(=O)(=O)O)C(CC(C)O)O1)OC1OC(COC2OC(CO)C(O)C(O)C2O)C(O)C(O)C1O. The first-order valence-electron chi connectivity index (χ1n) is 35.7. The highest BCUT2D eigenvalue weighted by molar-refractivity contribution is 7.80. The molecule has 0 bridgehead atoms. The van der Waals surface area contributed by atoms with Gasteiger partial charge in [-0.3, -0.25) is 14.1 Å². The Balaban J connectivity index is 0.972. The third-order valence-electron chi connectivity index (χ3n) is 19.0. The summed E-state index contributed by atoms with van der Waals surface area (Å²) in [6.45, 7) is 12.6. The molecule has 5 rings (SSSR count).